The Morgan fingerprint density at radius 3 is 2.64 bits per heavy atom. The van der Waals surface area contributed by atoms with Gasteiger partial charge in [0.05, 0.1) is 23.9 Å². The van der Waals surface area contributed by atoms with Crippen LogP contribution in [0.1, 0.15) is 22.8 Å². The Kier molecular flexibility index (Phi) is 2.73. The molecule has 0 bridgehead atoms. The lowest BCUT2D eigenvalue weighted by atomic mass is 10.0. The van der Waals surface area contributed by atoms with Gasteiger partial charge < -0.3 is 10.5 Å². The van der Waals surface area contributed by atoms with Gasteiger partial charge in [-0.15, -0.1) is 0 Å². The van der Waals surface area contributed by atoms with Crippen molar-refractivity contribution >= 4 is 11.5 Å². The van der Waals surface area contributed by atoms with Crippen LogP contribution < -0.4 is 10.5 Å². The third-order valence-electron chi connectivity index (χ3n) is 1.86. The van der Waals surface area contributed by atoms with Gasteiger partial charge in [-0.3, -0.25) is 4.79 Å². The molecule has 0 heterocycles. The predicted octanol–water partition coefficient (Wildman–Crippen LogP) is 1.35. The molecular formula is C10H10N2O2. The van der Waals surface area contributed by atoms with E-state index in [4.69, 9.17) is 15.7 Å². The molecule has 0 aliphatic carbocycles. The molecule has 0 amide bonds. The first-order valence-corrected chi connectivity index (χ1v) is 3.99. The van der Waals surface area contributed by atoms with Gasteiger partial charge in [-0.05, 0) is 19.1 Å². The maximum Gasteiger partial charge on any atom is 0.164 e. The number of nitriles is 1. The molecular weight excluding hydrogens is 180 g/mol. The Morgan fingerprint density at radius 2 is 2.21 bits per heavy atom. The summed E-state index contributed by atoms with van der Waals surface area (Å²) in [5, 5.41) is 8.78. The Labute approximate surface area is 81.9 Å². The highest BCUT2D eigenvalue weighted by Crippen LogP contribution is 2.29. The molecule has 0 aliphatic heterocycles. The summed E-state index contributed by atoms with van der Waals surface area (Å²) in [6.45, 7) is 1.37. The van der Waals surface area contributed by atoms with Crippen LogP contribution >= 0.6 is 0 Å². The number of ketones is 1. The largest absolute Gasteiger partial charge is 0.494 e. The van der Waals surface area contributed by atoms with Crippen molar-refractivity contribution in [2.75, 3.05) is 12.8 Å². The zero-order valence-electron chi connectivity index (χ0n) is 8.00. The first kappa shape index (κ1) is 10.1. The van der Waals surface area contributed by atoms with E-state index in [1.807, 2.05) is 6.07 Å². The maximum atomic E-state index is 11.3. The quantitative estimate of drug-likeness (QED) is 0.564. The summed E-state index contributed by atoms with van der Waals surface area (Å²) in [5.41, 5.74) is 6.49. The third kappa shape index (κ3) is 1.52. The Bertz CT molecular complexity index is 419. The van der Waals surface area contributed by atoms with Crippen molar-refractivity contribution in [2.45, 2.75) is 6.92 Å². The minimum atomic E-state index is -0.231. The Morgan fingerprint density at radius 1 is 1.57 bits per heavy atom. The molecule has 4 nitrogen and oxygen atoms in total. The van der Waals surface area contributed by atoms with Crippen molar-refractivity contribution in [1.82, 2.24) is 0 Å². The number of carbonyl (C=O) groups excluding carboxylic acids is 1. The fourth-order valence-electron chi connectivity index (χ4n) is 1.26. The zero-order chi connectivity index (χ0) is 10.7. The van der Waals surface area contributed by atoms with Crippen molar-refractivity contribution in [1.29, 1.82) is 5.26 Å². The second-order valence-electron chi connectivity index (χ2n) is 2.78. The van der Waals surface area contributed by atoms with Crippen LogP contribution in [-0.2, 0) is 0 Å². The third-order valence-corrected chi connectivity index (χ3v) is 1.86. The number of nitrogen functional groups attached to an aromatic ring is 1. The van der Waals surface area contributed by atoms with Gasteiger partial charge in [-0.1, -0.05) is 0 Å². The van der Waals surface area contributed by atoms with Crippen molar-refractivity contribution in [2.24, 2.45) is 0 Å². The van der Waals surface area contributed by atoms with Gasteiger partial charge in [0, 0.05) is 0 Å². The van der Waals surface area contributed by atoms with E-state index in [-0.39, 0.29) is 22.7 Å². The van der Waals surface area contributed by atoms with Crippen LogP contribution in [0.25, 0.3) is 0 Å². The van der Waals surface area contributed by atoms with E-state index >= 15 is 0 Å². The molecule has 0 aromatic heterocycles. The van der Waals surface area contributed by atoms with Crippen molar-refractivity contribution in [3.63, 3.8) is 0 Å². The SMILES string of the molecule is COc1c(N)ccc(C#N)c1C(C)=O. The van der Waals surface area contributed by atoms with Gasteiger partial charge in [0.2, 0.25) is 0 Å². The molecule has 0 saturated carbocycles. The van der Waals surface area contributed by atoms with Crippen LogP contribution in [0, 0.1) is 11.3 Å². The molecule has 0 spiro atoms. The molecule has 0 saturated heterocycles. The molecule has 14 heavy (non-hydrogen) atoms. The Hall–Kier alpha value is -2.02. The average Bonchev–Trinajstić information content (AvgIpc) is 2.17. The topological polar surface area (TPSA) is 76.1 Å². The van der Waals surface area contributed by atoms with Crippen LogP contribution in [0.4, 0.5) is 5.69 Å². The standard InChI is InChI=1S/C10H10N2O2/c1-6(13)9-7(5-11)3-4-8(12)10(9)14-2/h3-4H,12H2,1-2H3. The summed E-state index contributed by atoms with van der Waals surface area (Å²) < 4.78 is 4.98. The number of hydrogen-bond acceptors (Lipinski definition) is 4. The highest BCUT2D eigenvalue weighted by Gasteiger charge is 2.15. The van der Waals surface area contributed by atoms with Crippen LogP contribution in [0.15, 0.2) is 12.1 Å². The summed E-state index contributed by atoms with van der Waals surface area (Å²) in [5.74, 6) is 0.0438. The minimum Gasteiger partial charge on any atom is -0.494 e. The molecule has 0 aliphatic rings. The van der Waals surface area contributed by atoms with Crippen LogP contribution in [0.3, 0.4) is 0 Å². The Balaban J connectivity index is 3.54. The molecule has 0 fully saturated rings. The highest BCUT2D eigenvalue weighted by molar-refractivity contribution is 6.01. The highest BCUT2D eigenvalue weighted by atomic mass is 16.5. The number of rotatable bonds is 2. The summed E-state index contributed by atoms with van der Waals surface area (Å²) in [4.78, 5) is 11.3. The maximum absolute atomic E-state index is 11.3. The number of hydrogen-bond donors (Lipinski definition) is 1. The predicted molar refractivity (Wildman–Crippen MR) is 52.1 cm³/mol. The first-order chi connectivity index (χ1) is 6.61. The van der Waals surface area contributed by atoms with Gasteiger partial charge in [0.1, 0.15) is 6.07 Å². The van der Waals surface area contributed by atoms with Crippen molar-refractivity contribution < 1.29 is 9.53 Å². The van der Waals surface area contributed by atoms with Gasteiger partial charge in [0.15, 0.2) is 11.5 Å². The number of Topliss-reactive ketones (excluding diaryl/α,β-unsaturated/α-hetero) is 1. The molecule has 72 valence electrons. The summed E-state index contributed by atoms with van der Waals surface area (Å²) in [7, 11) is 1.42. The lowest BCUT2D eigenvalue weighted by Gasteiger charge is -2.09. The van der Waals surface area contributed by atoms with Gasteiger partial charge in [-0.25, -0.2) is 0 Å². The second-order valence-corrected chi connectivity index (χ2v) is 2.78. The lowest BCUT2D eigenvalue weighted by molar-refractivity contribution is 0.101. The van der Waals surface area contributed by atoms with E-state index in [0.717, 1.165) is 0 Å². The lowest BCUT2D eigenvalue weighted by Crippen LogP contribution is -2.04. The summed E-state index contributed by atoms with van der Waals surface area (Å²) >= 11 is 0. The monoisotopic (exact) mass is 190 g/mol. The fourth-order valence-corrected chi connectivity index (χ4v) is 1.26. The number of benzene rings is 1. The number of ether oxygens (including phenoxy) is 1. The fraction of sp³-hybridized carbons (Fsp3) is 0.200. The van der Waals surface area contributed by atoms with E-state index < -0.39 is 0 Å². The zero-order valence-corrected chi connectivity index (χ0v) is 8.00. The molecule has 0 unspecified atom stereocenters. The minimum absolute atomic E-state index is 0.231. The normalized spacial score (nSPS) is 9.21. The molecule has 4 heteroatoms. The molecule has 1 rings (SSSR count). The number of nitrogens with two attached hydrogens (primary N) is 1. The average molecular weight is 190 g/mol. The summed E-state index contributed by atoms with van der Waals surface area (Å²) in [6, 6.07) is 4.98. The van der Waals surface area contributed by atoms with Crippen molar-refractivity contribution in [3.05, 3.63) is 23.3 Å². The number of carbonyl (C=O) groups is 1. The second kappa shape index (κ2) is 3.79. The molecule has 2 N–H and O–H groups in total. The van der Waals surface area contributed by atoms with Crippen LogP contribution in [-0.4, -0.2) is 12.9 Å². The number of methoxy groups -OCH3 is 1. The number of nitrogens with zero attached hydrogens (tertiary/aromatic N) is 1. The molecule has 0 atom stereocenters. The van der Waals surface area contributed by atoms with Crippen LogP contribution in [0.2, 0.25) is 0 Å². The van der Waals surface area contributed by atoms with E-state index in [1.54, 1.807) is 6.07 Å². The smallest absolute Gasteiger partial charge is 0.164 e. The van der Waals surface area contributed by atoms with E-state index in [9.17, 15) is 4.79 Å². The van der Waals surface area contributed by atoms with Crippen molar-refractivity contribution in [3.8, 4) is 11.8 Å². The van der Waals surface area contributed by atoms with E-state index in [1.165, 1.54) is 20.1 Å². The van der Waals surface area contributed by atoms with E-state index in [2.05, 4.69) is 0 Å². The van der Waals surface area contributed by atoms with Gasteiger partial charge in [-0.2, -0.15) is 5.26 Å². The summed E-state index contributed by atoms with van der Waals surface area (Å²) in [6.07, 6.45) is 0. The number of anilines is 1. The van der Waals surface area contributed by atoms with E-state index in [0.29, 0.717) is 5.69 Å². The molecule has 1 aromatic rings. The molecule has 0 radical (unpaired) electrons. The first-order valence-electron chi connectivity index (χ1n) is 3.99. The molecule has 1 aromatic carbocycles. The van der Waals surface area contributed by atoms with Gasteiger partial charge >= 0.3 is 0 Å². The van der Waals surface area contributed by atoms with Gasteiger partial charge in [0.25, 0.3) is 0 Å². The van der Waals surface area contributed by atoms with Crippen LogP contribution in [0.5, 0.6) is 5.75 Å².